The van der Waals surface area contributed by atoms with Gasteiger partial charge in [-0.25, -0.2) is 4.79 Å². The van der Waals surface area contributed by atoms with Crippen LogP contribution < -0.4 is 4.74 Å². The van der Waals surface area contributed by atoms with E-state index in [1.165, 1.54) is 25.7 Å². The molecule has 0 atom stereocenters. The molecule has 1 aromatic carbocycles. The summed E-state index contributed by atoms with van der Waals surface area (Å²) in [7, 11) is 0. The van der Waals surface area contributed by atoms with Crippen molar-refractivity contribution in [3.05, 3.63) is 30.3 Å². The molecule has 3 rings (SSSR count). The number of hydrogen-bond acceptors (Lipinski definition) is 2. The fourth-order valence-corrected chi connectivity index (χ4v) is 3.44. The van der Waals surface area contributed by atoms with E-state index in [0.29, 0.717) is 11.2 Å². The van der Waals surface area contributed by atoms with Crippen molar-refractivity contribution in [1.82, 2.24) is 4.90 Å². The minimum Gasteiger partial charge on any atom is -0.410 e. The molecule has 0 bridgehead atoms. The normalized spacial score (nSPS) is 21.6. The number of hydrogen-bond donors (Lipinski definition) is 0. The fourth-order valence-electron chi connectivity index (χ4n) is 3.44. The van der Waals surface area contributed by atoms with E-state index in [-0.39, 0.29) is 6.09 Å². The van der Waals surface area contributed by atoms with Gasteiger partial charge in [0, 0.05) is 13.1 Å². The molecule has 1 saturated carbocycles. The molecule has 1 heterocycles. The van der Waals surface area contributed by atoms with Gasteiger partial charge in [0.2, 0.25) is 0 Å². The number of benzene rings is 1. The van der Waals surface area contributed by atoms with Gasteiger partial charge in [-0.3, -0.25) is 0 Å². The van der Waals surface area contributed by atoms with Crippen LogP contribution in [0.15, 0.2) is 30.3 Å². The highest BCUT2D eigenvalue weighted by molar-refractivity contribution is 5.70. The highest BCUT2D eigenvalue weighted by Crippen LogP contribution is 2.46. The predicted molar refractivity (Wildman–Crippen MR) is 74.2 cm³/mol. The molecule has 0 unspecified atom stereocenters. The third-order valence-corrected chi connectivity index (χ3v) is 4.69. The zero-order valence-corrected chi connectivity index (χ0v) is 11.3. The first-order valence-electron chi connectivity index (χ1n) is 7.29. The number of likely N-dealkylation sites (tertiary alicyclic amines) is 1. The lowest BCUT2D eigenvalue weighted by atomic mass is 9.77. The molecule has 3 heteroatoms. The van der Waals surface area contributed by atoms with E-state index in [4.69, 9.17) is 4.74 Å². The first-order chi connectivity index (χ1) is 9.27. The Bertz CT molecular complexity index is 427. The number of ether oxygens (including phenoxy) is 1. The van der Waals surface area contributed by atoms with Gasteiger partial charge in [0.15, 0.2) is 0 Å². The summed E-state index contributed by atoms with van der Waals surface area (Å²) >= 11 is 0. The van der Waals surface area contributed by atoms with Crippen LogP contribution >= 0.6 is 0 Å². The molecule has 2 fully saturated rings. The summed E-state index contributed by atoms with van der Waals surface area (Å²) in [5, 5.41) is 0. The summed E-state index contributed by atoms with van der Waals surface area (Å²) in [5.74, 6) is 0.633. The predicted octanol–water partition coefficient (Wildman–Crippen LogP) is 3.84. The first kappa shape index (κ1) is 12.5. The van der Waals surface area contributed by atoms with Crippen molar-refractivity contribution in [2.75, 3.05) is 13.1 Å². The van der Waals surface area contributed by atoms with Crippen molar-refractivity contribution < 1.29 is 9.53 Å². The maximum absolute atomic E-state index is 12.1. The second-order valence-electron chi connectivity index (χ2n) is 5.88. The van der Waals surface area contributed by atoms with Crippen molar-refractivity contribution in [3.63, 3.8) is 0 Å². The molecule has 0 aromatic heterocycles. The highest BCUT2D eigenvalue weighted by atomic mass is 16.6. The number of amides is 1. The third kappa shape index (κ3) is 2.75. The average Bonchev–Trinajstić information content (AvgIpc) is 2.89. The molecule has 19 heavy (non-hydrogen) atoms. The zero-order valence-electron chi connectivity index (χ0n) is 11.3. The molecule has 1 amide bonds. The number of carbonyl (C=O) groups excluding carboxylic acids is 1. The number of rotatable bonds is 1. The summed E-state index contributed by atoms with van der Waals surface area (Å²) in [6.07, 6.45) is 7.55. The van der Waals surface area contributed by atoms with Gasteiger partial charge in [0.25, 0.3) is 0 Å². The molecule has 1 aliphatic carbocycles. The number of piperidine rings is 1. The minimum atomic E-state index is -0.195. The first-order valence-corrected chi connectivity index (χ1v) is 7.29. The maximum Gasteiger partial charge on any atom is 0.415 e. The van der Waals surface area contributed by atoms with Crippen LogP contribution in [0.1, 0.15) is 38.5 Å². The second-order valence-corrected chi connectivity index (χ2v) is 5.88. The molecular weight excluding hydrogens is 238 g/mol. The Kier molecular flexibility index (Phi) is 3.45. The SMILES string of the molecule is O=C(Oc1ccccc1)N1CCC2(CCCC2)CC1. The van der Waals surface area contributed by atoms with Crippen molar-refractivity contribution >= 4 is 6.09 Å². The smallest absolute Gasteiger partial charge is 0.410 e. The quantitative estimate of drug-likeness (QED) is 0.767. The van der Waals surface area contributed by atoms with Gasteiger partial charge in [0.1, 0.15) is 5.75 Å². The van der Waals surface area contributed by atoms with Gasteiger partial charge in [0.05, 0.1) is 0 Å². The van der Waals surface area contributed by atoms with Crippen molar-refractivity contribution in [3.8, 4) is 5.75 Å². The Hall–Kier alpha value is -1.51. The Balaban J connectivity index is 1.55. The molecular formula is C16H21NO2. The average molecular weight is 259 g/mol. The monoisotopic (exact) mass is 259 g/mol. The third-order valence-electron chi connectivity index (χ3n) is 4.69. The maximum atomic E-state index is 12.1. The van der Waals surface area contributed by atoms with Crippen molar-refractivity contribution in [2.24, 2.45) is 5.41 Å². The lowest BCUT2D eigenvalue weighted by molar-refractivity contribution is 0.0965. The summed E-state index contributed by atoms with van der Waals surface area (Å²) in [5.41, 5.74) is 0.545. The topological polar surface area (TPSA) is 29.5 Å². The number of carbonyl (C=O) groups is 1. The van der Waals surface area contributed by atoms with E-state index in [9.17, 15) is 4.79 Å². The zero-order chi connectivity index (χ0) is 13.1. The number of para-hydroxylation sites is 1. The van der Waals surface area contributed by atoms with Gasteiger partial charge >= 0.3 is 6.09 Å². The van der Waals surface area contributed by atoms with Crippen molar-refractivity contribution in [2.45, 2.75) is 38.5 Å². The van der Waals surface area contributed by atoms with Crippen LogP contribution in [0.2, 0.25) is 0 Å². The van der Waals surface area contributed by atoms with Crippen LogP contribution in [0.25, 0.3) is 0 Å². The van der Waals surface area contributed by atoms with Gasteiger partial charge < -0.3 is 9.64 Å². The van der Waals surface area contributed by atoms with Crippen LogP contribution in [0.5, 0.6) is 5.75 Å². The molecule has 1 spiro atoms. The van der Waals surface area contributed by atoms with Crippen LogP contribution in [0, 0.1) is 5.41 Å². The van der Waals surface area contributed by atoms with Gasteiger partial charge in [-0.1, -0.05) is 31.0 Å². The summed E-state index contributed by atoms with van der Waals surface area (Å²) in [4.78, 5) is 13.9. The van der Waals surface area contributed by atoms with Gasteiger partial charge in [-0.05, 0) is 43.2 Å². The molecule has 1 aromatic rings. The van der Waals surface area contributed by atoms with Gasteiger partial charge in [-0.15, -0.1) is 0 Å². The summed E-state index contributed by atoms with van der Waals surface area (Å²) in [6, 6.07) is 9.32. The van der Waals surface area contributed by atoms with E-state index in [0.717, 1.165) is 25.9 Å². The summed E-state index contributed by atoms with van der Waals surface area (Å²) < 4.78 is 5.39. The second kappa shape index (κ2) is 5.24. The van der Waals surface area contributed by atoms with E-state index in [2.05, 4.69) is 0 Å². The van der Waals surface area contributed by atoms with Crippen LogP contribution in [0.3, 0.4) is 0 Å². The van der Waals surface area contributed by atoms with E-state index >= 15 is 0 Å². The molecule has 3 nitrogen and oxygen atoms in total. The van der Waals surface area contributed by atoms with E-state index < -0.39 is 0 Å². The molecule has 1 saturated heterocycles. The highest BCUT2D eigenvalue weighted by Gasteiger charge is 2.38. The molecule has 2 aliphatic rings. The Morgan fingerprint density at radius 1 is 1.00 bits per heavy atom. The number of nitrogens with zero attached hydrogens (tertiary/aromatic N) is 1. The lowest BCUT2D eigenvalue weighted by Gasteiger charge is -2.38. The van der Waals surface area contributed by atoms with Gasteiger partial charge in [-0.2, -0.15) is 0 Å². The Morgan fingerprint density at radius 2 is 1.63 bits per heavy atom. The van der Waals surface area contributed by atoms with E-state index in [1.807, 2.05) is 35.2 Å². The van der Waals surface area contributed by atoms with Crippen molar-refractivity contribution in [1.29, 1.82) is 0 Å². The molecule has 102 valence electrons. The molecule has 0 N–H and O–H groups in total. The van der Waals surface area contributed by atoms with Crippen LogP contribution in [-0.4, -0.2) is 24.1 Å². The lowest BCUT2D eigenvalue weighted by Crippen LogP contribution is -2.43. The molecule has 0 radical (unpaired) electrons. The minimum absolute atomic E-state index is 0.195. The largest absolute Gasteiger partial charge is 0.415 e. The Morgan fingerprint density at radius 3 is 2.26 bits per heavy atom. The molecule has 1 aliphatic heterocycles. The summed E-state index contributed by atoms with van der Waals surface area (Å²) in [6.45, 7) is 1.71. The standard InChI is InChI=1S/C16H21NO2/c18-15(19-14-6-2-1-3-7-14)17-12-10-16(11-13-17)8-4-5-9-16/h1-3,6-7H,4-5,8-13H2. The fraction of sp³-hybridized carbons (Fsp3) is 0.562. The van der Waals surface area contributed by atoms with Crippen LogP contribution in [0.4, 0.5) is 4.79 Å². The van der Waals surface area contributed by atoms with Crippen LogP contribution in [-0.2, 0) is 0 Å². The Labute approximate surface area is 114 Å². The van der Waals surface area contributed by atoms with E-state index in [1.54, 1.807) is 0 Å².